The van der Waals surface area contributed by atoms with Gasteiger partial charge in [-0.1, -0.05) is 13.8 Å². The Morgan fingerprint density at radius 3 is 2.60 bits per heavy atom. The van der Waals surface area contributed by atoms with Gasteiger partial charge in [0.2, 0.25) is 0 Å². The summed E-state index contributed by atoms with van der Waals surface area (Å²) in [6.07, 6.45) is 1.71. The number of methoxy groups -OCH3 is 1. The maximum atomic E-state index is 5.49. The number of ether oxygens (including phenoxy) is 2. The standard InChI is InChI=1S/C8H16O2/c1-6(2)8-7(9-3)4-5-10-8/h6-8H,4-5H2,1-3H3. The zero-order valence-corrected chi connectivity index (χ0v) is 6.96. The van der Waals surface area contributed by atoms with Gasteiger partial charge in [-0.25, -0.2) is 0 Å². The molecule has 1 saturated heterocycles. The summed E-state index contributed by atoms with van der Waals surface area (Å²) in [6, 6.07) is 0. The second-order valence-corrected chi connectivity index (χ2v) is 3.14. The Balaban J connectivity index is 2.42. The molecule has 2 heteroatoms. The van der Waals surface area contributed by atoms with Crippen molar-refractivity contribution < 1.29 is 9.47 Å². The first-order valence-electron chi connectivity index (χ1n) is 3.90. The molecule has 1 fully saturated rings. The van der Waals surface area contributed by atoms with E-state index in [2.05, 4.69) is 13.8 Å². The summed E-state index contributed by atoms with van der Waals surface area (Å²) in [7, 11) is 1.76. The molecule has 1 aliphatic rings. The highest BCUT2D eigenvalue weighted by Gasteiger charge is 2.30. The van der Waals surface area contributed by atoms with E-state index in [0.717, 1.165) is 13.0 Å². The molecule has 0 aromatic rings. The molecular formula is C8H16O2. The van der Waals surface area contributed by atoms with Crippen LogP contribution in [0.3, 0.4) is 0 Å². The first kappa shape index (κ1) is 8.02. The molecule has 0 bridgehead atoms. The van der Waals surface area contributed by atoms with Crippen LogP contribution in [0.25, 0.3) is 0 Å². The van der Waals surface area contributed by atoms with Crippen LogP contribution in [0.4, 0.5) is 0 Å². The van der Waals surface area contributed by atoms with E-state index < -0.39 is 0 Å². The van der Waals surface area contributed by atoms with Crippen LogP contribution in [-0.4, -0.2) is 25.9 Å². The maximum absolute atomic E-state index is 5.49. The van der Waals surface area contributed by atoms with Crippen LogP contribution in [0.2, 0.25) is 0 Å². The van der Waals surface area contributed by atoms with Crippen molar-refractivity contribution >= 4 is 0 Å². The van der Waals surface area contributed by atoms with Crippen molar-refractivity contribution in [1.29, 1.82) is 0 Å². The topological polar surface area (TPSA) is 18.5 Å². The first-order chi connectivity index (χ1) is 4.75. The SMILES string of the molecule is COC1CCOC1C(C)C. The van der Waals surface area contributed by atoms with Crippen molar-refractivity contribution in [2.45, 2.75) is 32.5 Å². The summed E-state index contributed by atoms with van der Waals surface area (Å²) in [5.74, 6) is 0.576. The molecule has 1 heterocycles. The highest BCUT2D eigenvalue weighted by atomic mass is 16.5. The van der Waals surface area contributed by atoms with Gasteiger partial charge in [0.25, 0.3) is 0 Å². The number of hydrogen-bond donors (Lipinski definition) is 0. The molecule has 0 spiro atoms. The Bertz CT molecular complexity index is 101. The molecule has 0 aromatic heterocycles. The van der Waals surface area contributed by atoms with E-state index in [1.807, 2.05) is 0 Å². The van der Waals surface area contributed by atoms with Gasteiger partial charge in [-0.15, -0.1) is 0 Å². The highest BCUT2D eigenvalue weighted by Crippen LogP contribution is 2.22. The van der Waals surface area contributed by atoms with Crippen molar-refractivity contribution in [2.24, 2.45) is 5.92 Å². The minimum Gasteiger partial charge on any atom is -0.379 e. The lowest BCUT2D eigenvalue weighted by Gasteiger charge is -2.20. The van der Waals surface area contributed by atoms with Gasteiger partial charge < -0.3 is 9.47 Å². The zero-order valence-electron chi connectivity index (χ0n) is 6.96. The zero-order chi connectivity index (χ0) is 7.56. The van der Waals surface area contributed by atoms with Crippen LogP contribution in [0, 0.1) is 5.92 Å². The minimum absolute atomic E-state index is 0.324. The second kappa shape index (κ2) is 3.35. The number of hydrogen-bond acceptors (Lipinski definition) is 2. The predicted molar refractivity (Wildman–Crippen MR) is 40.0 cm³/mol. The number of rotatable bonds is 2. The summed E-state index contributed by atoms with van der Waals surface area (Å²) in [4.78, 5) is 0. The van der Waals surface area contributed by atoms with Crippen LogP contribution in [0.1, 0.15) is 20.3 Å². The Kier molecular flexibility index (Phi) is 2.69. The van der Waals surface area contributed by atoms with Crippen molar-refractivity contribution in [3.05, 3.63) is 0 Å². The summed E-state index contributed by atoms with van der Waals surface area (Å²) in [5, 5.41) is 0. The molecular weight excluding hydrogens is 128 g/mol. The van der Waals surface area contributed by atoms with Crippen molar-refractivity contribution in [3.8, 4) is 0 Å². The molecule has 10 heavy (non-hydrogen) atoms. The molecule has 0 radical (unpaired) electrons. The second-order valence-electron chi connectivity index (χ2n) is 3.14. The van der Waals surface area contributed by atoms with Crippen LogP contribution in [-0.2, 0) is 9.47 Å². The Labute approximate surface area is 62.5 Å². The third-order valence-corrected chi connectivity index (χ3v) is 2.04. The third-order valence-electron chi connectivity index (χ3n) is 2.04. The van der Waals surface area contributed by atoms with E-state index >= 15 is 0 Å². The van der Waals surface area contributed by atoms with E-state index in [1.54, 1.807) is 7.11 Å². The molecule has 2 atom stereocenters. The Morgan fingerprint density at radius 2 is 2.20 bits per heavy atom. The van der Waals surface area contributed by atoms with Gasteiger partial charge in [0, 0.05) is 13.7 Å². The van der Waals surface area contributed by atoms with Gasteiger partial charge >= 0.3 is 0 Å². The summed E-state index contributed by atoms with van der Waals surface area (Å²) in [6.45, 7) is 5.20. The molecule has 1 rings (SSSR count). The minimum atomic E-state index is 0.324. The Morgan fingerprint density at radius 1 is 1.50 bits per heavy atom. The molecule has 0 amide bonds. The van der Waals surface area contributed by atoms with E-state index in [4.69, 9.17) is 9.47 Å². The molecule has 0 aliphatic carbocycles. The van der Waals surface area contributed by atoms with Gasteiger partial charge in [0.1, 0.15) is 0 Å². The summed E-state index contributed by atoms with van der Waals surface area (Å²) < 4.78 is 10.8. The van der Waals surface area contributed by atoms with E-state index in [0.29, 0.717) is 18.1 Å². The lowest BCUT2D eigenvalue weighted by Crippen LogP contribution is -2.28. The molecule has 60 valence electrons. The highest BCUT2D eigenvalue weighted by molar-refractivity contribution is 4.78. The normalized spacial score (nSPS) is 33.6. The van der Waals surface area contributed by atoms with Crippen molar-refractivity contribution in [3.63, 3.8) is 0 Å². The van der Waals surface area contributed by atoms with Gasteiger partial charge in [-0.2, -0.15) is 0 Å². The van der Waals surface area contributed by atoms with E-state index in [9.17, 15) is 0 Å². The fourth-order valence-corrected chi connectivity index (χ4v) is 1.47. The van der Waals surface area contributed by atoms with Crippen molar-refractivity contribution in [1.82, 2.24) is 0 Å². The monoisotopic (exact) mass is 144 g/mol. The van der Waals surface area contributed by atoms with Crippen LogP contribution in [0.15, 0.2) is 0 Å². The van der Waals surface area contributed by atoms with E-state index in [-0.39, 0.29) is 0 Å². The fourth-order valence-electron chi connectivity index (χ4n) is 1.47. The predicted octanol–water partition coefficient (Wildman–Crippen LogP) is 1.45. The van der Waals surface area contributed by atoms with Gasteiger partial charge in [-0.3, -0.25) is 0 Å². The molecule has 0 N–H and O–H groups in total. The fraction of sp³-hybridized carbons (Fsp3) is 1.00. The van der Waals surface area contributed by atoms with Crippen LogP contribution < -0.4 is 0 Å². The maximum Gasteiger partial charge on any atom is 0.0860 e. The summed E-state index contributed by atoms with van der Waals surface area (Å²) in [5.41, 5.74) is 0. The molecule has 2 unspecified atom stereocenters. The summed E-state index contributed by atoms with van der Waals surface area (Å²) >= 11 is 0. The van der Waals surface area contributed by atoms with Gasteiger partial charge in [0.15, 0.2) is 0 Å². The molecule has 0 aromatic carbocycles. The van der Waals surface area contributed by atoms with Crippen LogP contribution >= 0.6 is 0 Å². The van der Waals surface area contributed by atoms with E-state index in [1.165, 1.54) is 0 Å². The Hall–Kier alpha value is -0.0800. The van der Waals surface area contributed by atoms with Crippen LogP contribution in [0.5, 0.6) is 0 Å². The van der Waals surface area contributed by atoms with Gasteiger partial charge in [-0.05, 0) is 12.3 Å². The lowest BCUT2D eigenvalue weighted by molar-refractivity contribution is -0.00915. The molecule has 2 nitrogen and oxygen atoms in total. The lowest BCUT2D eigenvalue weighted by atomic mass is 10.0. The average Bonchev–Trinajstić information content (AvgIpc) is 2.33. The molecule has 0 saturated carbocycles. The van der Waals surface area contributed by atoms with Gasteiger partial charge in [0.05, 0.1) is 12.2 Å². The third kappa shape index (κ3) is 1.50. The largest absolute Gasteiger partial charge is 0.379 e. The first-order valence-corrected chi connectivity index (χ1v) is 3.90. The molecule has 1 aliphatic heterocycles. The quantitative estimate of drug-likeness (QED) is 0.584. The smallest absolute Gasteiger partial charge is 0.0860 e. The average molecular weight is 144 g/mol. The van der Waals surface area contributed by atoms with Crippen molar-refractivity contribution in [2.75, 3.05) is 13.7 Å².